The molecule has 1 aliphatic rings. The molecule has 2 aromatic carbocycles. The van der Waals surface area contributed by atoms with E-state index in [0.717, 1.165) is 28.9 Å². The maximum Gasteiger partial charge on any atom is 0.233 e. The molecular weight excluding hydrogens is 260 g/mol. The highest BCUT2D eigenvalue weighted by molar-refractivity contribution is 5.97. The van der Waals surface area contributed by atoms with Crippen LogP contribution in [0.15, 0.2) is 42.5 Å². The Morgan fingerprint density at radius 3 is 2.86 bits per heavy atom. The second-order valence-corrected chi connectivity index (χ2v) is 5.69. The molecule has 0 aliphatic carbocycles. The molecule has 3 nitrogen and oxygen atoms in total. The van der Waals surface area contributed by atoms with E-state index in [4.69, 9.17) is 0 Å². The lowest BCUT2D eigenvalue weighted by Gasteiger charge is -2.25. The Hall–Kier alpha value is -2.13. The molecule has 3 heteroatoms. The Bertz CT molecular complexity index is 679. The quantitative estimate of drug-likeness (QED) is 0.887. The number of amides is 1. The molecule has 0 saturated carbocycles. The van der Waals surface area contributed by atoms with Crippen LogP contribution >= 0.6 is 0 Å². The largest absolute Gasteiger partial charge is 0.325 e. The number of hydrogen-bond acceptors (Lipinski definition) is 2. The molecule has 2 aromatic rings. The highest BCUT2D eigenvalue weighted by Crippen LogP contribution is 2.26. The van der Waals surface area contributed by atoms with Crippen LogP contribution in [0.2, 0.25) is 0 Å². The van der Waals surface area contributed by atoms with Crippen molar-refractivity contribution in [3.63, 3.8) is 0 Å². The molecule has 1 aliphatic heterocycles. The number of rotatable bonds is 2. The minimum atomic E-state index is -0.130. The van der Waals surface area contributed by atoms with Gasteiger partial charge in [0.1, 0.15) is 0 Å². The van der Waals surface area contributed by atoms with Gasteiger partial charge in [-0.25, -0.2) is 0 Å². The standard InChI is InChI=1S/C18H20N2O/c1-12-7-8-13(2)17(9-12)20-18(21)16-11-19-10-14-5-3-4-6-15(14)16/h3-9,16,19H,10-11H2,1-2H3,(H,20,21). The first-order valence-electron chi connectivity index (χ1n) is 7.32. The number of fused-ring (bicyclic) bond motifs is 1. The average Bonchev–Trinajstić information content (AvgIpc) is 2.50. The molecule has 3 rings (SSSR count). The van der Waals surface area contributed by atoms with Gasteiger partial charge in [-0.3, -0.25) is 4.79 Å². The van der Waals surface area contributed by atoms with Crippen LogP contribution in [0.3, 0.4) is 0 Å². The summed E-state index contributed by atoms with van der Waals surface area (Å²) in [6.07, 6.45) is 0. The Kier molecular flexibility index (Phi) is 3.76. The molecule has 2 N–H and O–H groups in total. The van der Waals surface area contributed by atoms with E-state index < -0.39 is 0 Å². The number of anilines is 1. The lowest BCUT2D eigenvalue weighted by Crippen LogP contribution is -2.35. The first-order valence-corrected chi connectivity index (χ1v) is 7.32. The fourth-order valence-electron chi connectivity index (χ4n) is 2.82. The highest BCUT2D eigenvalue weighted by atomic mass is 16.1. The van der Waals surface area contributed by atoms with Gasteiger partial charge in [-0.1, -0.05) is 36.4 Å². The van der Waals surface area contributed by atoms with Gasteiger partial charge in [0.2, 0.25) is 5.91 Å². The van der Waals surface area contributed by atoms with Gasteiger partial charge in [0.25, 0.3) is 0 Å². The summed E-state index contributed by atoms with van der Waals surface area (Å²) in [4.78, 5) is 12.6. The van der Waals surface area contributed by atoms with E-state index in [0.29, 0.717) is 6.54 Å². The van der Waals surface area contributed by atoms with Crippen molar-refractivity contribution in [1.82, 2.24) is 5.32 Å². The van der Waals surface area contributed by atoms with Crippen molar-refractivity contribution >= 4 is 11.6 Å². The maximum absolute atomic E-state index is 12.6. The zero-order chi connectivity index (χ0) is 14.8. The van der Waals surface area contributed by atoms with Crippen LogP contribution in [0.4, 0.5) is 5.69 Å². The van der Waals surface area contributed by atoms with Gasteiger partial charge >= 0.3 is 0 Å². The third kappa shape index (κ3) is 2.83. The number of benzene rings is 2. The van der Waals surface area contributed by atoms with Crippen molar-refractivity contribution in [2.24, 2.45) is 0 Å². The predicted molar refractivity (Wildman–Crippen MR) is 85.4 cm³/mol. The summed E-state index contributed by atoms with van der Waals surface area (Å²) in [5, 5.41) is 6.41. The lowest BCUT2D eigenvalue weighted by atomic mass is 9.90. The summed E-state index contributed by atoms with van der Waals surface area (Å²) < 4.78 is 0. The SMILES string of the molecule is Cc1ccc(C)c(NC(=O)C2CNCc3ccccc32)c1. The van der Waals surface area contributed by atoms with Gasteiger partial charge in [-0.15, -0.1) is 0 Å². The summed E-state index contributed by atoms with van der Waals surface area (Å²) in [6, 6.07) is 14.3. The molecule has 1 amide bonds. The van der Waals surface area contributed by atoms with Crippen LogP contribution in [0, 0.1) is 13.8 Å². The monoisotopic (exact) mass is 280 g/mol. The predicted octanol–water partition coefficient (Wildman–Crippen LogP) is 3.13. The molecule has 0 fully saturated rings. The molecule has 108 valence electrons. The second-order valence-electron chi connectivity index (χ2n) is 5.69. The first kappa shape index (κ1) is 13.8. The molecule has 21 heavy (non-hydrogen) atoms. The summed E-state index contributed by atoms with van der Waals surface area (Å²) in [5.41, 5.74) is 5.50. The molecule has 1 unspecified atom stereocenters. The van der Waals surface area contributed by atoms with Crippen molar-refractivity contribution in [1.29, 1.82) is 0 Å². The average molecular weight is 280 g/mol. The fourth-order valence-corrected chi connectivity index (χ4v) is 2.82. The van der Waals surface area contributed by atoms with E-state index >= 15 is 0 Å². The molecule has 0 spiro atoms. The number of carbonyl (C=O) groups excluding carboxylic acids is 1. The topological polar surface area (TPSA) is 41.1 Å². The highest BCUT2D eigenvalue weighted by Gasteiger charge is 2.26. The lowest BCUT2D eigenvalue weighted by molar-refractivity contribution is -0.117. The number of carbonyl (C=O) groups is 1. The molecular formula is C18H20N2O. The van der Waals surface area contributed by atoms with E-state index in [1.54, 1.807) is 0 Å². The van der Waals surface area contributed by atoms with E-state index in [1.165, 1.54) is 5.56 Å². The van der Waals surface area contributed by atoms with Crippen molar-refractivity contribution < 1.29 is 4.79 Å². The first-order chi connectivity index (χ1) is 10.1. The number of hydrogen-bond donors (Lipinski definition) is 2. The Labute approximate surface area is 125 Å². The number of nitrogens with one attached hydrogen (secondary N) is 2. The summed E-state index contributed by atoms with van der Waals surface area (Å²) in [5.74, 6) is -0.0711. The van der Waals surface area contributed by atoms with Crippen LogP contribution in [-0.4, -0.2) is 12.5 Å². The summed E-state index contributed by atoms with van der Waals surface area (Å²) in [7, 11) is 0. The molecule has 0 radical (unpaired) electrons. The van der Waals surface area contributed by atoms with Crippen LogP contribution < -0.4 is 10.6 Å². The van der Waals surface area contributed by atoms with Crippen LogP contribution in [0.1, 0.15) is 28.2 Å². The van der Waals surface area contributed by atoms with Gasteiger partial charge < -0.3 is 10.6 Å². The third-order valence-corrected chi connectivity index (χ3v) is 4.06. The molecule has 0 aromatic heterocycles. The minimum Gasteiger partial charge on any atom is -0.325 e. The Balaban J connectivity index is 1.85. The smallest absolute Gasteiger partial charge is 0.233 e. The normalized spacial score (nSPS) is 17.1. The minimum absolute atomic E-state index is 0.0587. The van der Waals surface area contributed by atoms with Crippen molar-refractivity contribution in [2.75, 3.05) is 11.9 Å². The van der Waals surface area contributed by atoms with E-state index in [9.17, 15) is 4.79 Å². The van der Waals surface area contributed by atoms with Gasteiger partial charge in [0, 0.05) is 18.8 Å². The Morgan fingerprint density at radius 1 is 1.19 bits per heavy atom. The summed E-state index contributed by atoms with van der Waals surface area (Å²) in [6.45, 7) is 5.58. The molecule has 0 bridgehead atoms. The number of aryl methyl sites for hydroxylation is 2. The molecule has 1 atom stereocenters. The van der Waals surface area contributed by atoms with Gasteiger partial charge in [-0.2, -0.15) is 0 Å². The van der Waals surface area contributed by atoms with Gasteiger partial charge in [-0.05, 0) is 42.2 Å². The van der Waals surface area contributed by atoms with Crippen LogP contribution in [0.5, 0.6) is 0 Å². The van der Waals surface area contributed by atoms with E-state index in [1.807, 2.05) is 38.1 Å². The van der Waals surface area contributed by atoms with Gasteiger partial charge in [0.05, 0.1) is 5.92 Å². The van der Waals surface area contributed by atoms with E-state index in [2.05, 4.69) is 28.8 Å². The van der Waals surface area contributed by atoms with E-state index in [-0.39, 0.29) is 11.8 Å². The Morgan fingerprint density at radius 2 is 2.00 bits per heavy atom. The van der Waals surface area contributed by atoms with Crippen LogP contribution in [0.25, 0.3) is 0 Å². The molecule has 0 saturated heterocycles. The van der Waals surface area contributed by atoms with Crippen molar-refractivity contribution in [3.05, 3.63) is 64.7 Å². The maximum atomic E-state index is 12.6. The fraction of sp³-hybridized carbons (Fsp3) is 0.278. The second kappa shape index (κ2) is 5.70. The van der Waals surface area contributed by atoms with Crippen molar-refractivity contribution in [2.45, 2.75) is 26.3 Å². The van der Waals surface area contributed by atoms with Gasteiger partial charge in [0.15, 0.2) is 0 Å². The zero-order valence-corrected chi connectivity index (χ0v) is 12.4. The van der Waals surface area contributed by atoms with Crippen LogP contribution in [-0.2, 0) is 11.3 Å². The van der Waals surface area contributed by atoms with Crippen molar-refractivity contribution in [3.8, 4) is 0 Å². The summed E-state index contributed by atoms with van der Waals surface area (Å²) >= 11 is 0. The molecule has 1 heterocycles. The zero-order valence-electron chi connectivity index (χ0n) is 12.4. The third-order valence-electron chi connectivity index (χ3n) is 4.06.